The van der Waals surface area contributed by atoms with E-state index in [0.29, 0.717) is 24.3 Å². The van der Waals surface area contributed by atoms with Gasteiger partial charge in [-0.3, -0.25) is 9.78 Å². The molecule has 1 heterocycles. The molecule has 0 aliphatic heterocycles. The minimum Gasteiger partial charge on any atom is -0.300 e. The standard InChI is InChI=1S/C25H26N2O2/c1-16(28)12-24-18(3)17(2)19(13-25(24)29)8-10-22-11-9-21(15-27-22)23-7-5-4-6-20(23)14-26/h4-11,15,17-19,24H,12-13H2,1-3H3/b10-8+/t17-,18-,19-,24+/m1/s1. The van der Waals surface area contributed by atoms with E-state index in [1.54, 1.807) is 19.2 Å². The molecule has 1 saturated carbocycles. The van der Waals surface area contributed by atoms with E-state index >= 15 is 0 Å². The maximum absolute atomic E-state index is 12.5. The summed E-state index contributed by atoms with van der Waals surface area (Å²) in [5, 5.41) is 9.27. The maximum atomic E-state index is 12.5. The Labute approximate surface area is 172 Å². The van der Waals surface area contributed by atoms with Gasteiger partial charge in [0.15, 0.2) is 0 Å². The van der Waals surface area contributed by atoms with Gasteiger partial charge in [0.1, 0.15) is 11.6 Å². The van der Waals surface area contributed by atoms with Crippen molar-refractivity contribution in [1.29, 1.82) is 5.26 Å². The smallest absolute Gasteiger partial charge is 0.137 e. The maximum Gasteiger partial charge on any atom is 0.137 e. The zero-order valence-electron chi connectivity index (χ0n) is 17.1. The van der Waals surface area contributed by atoms with Crippen molar-refractivity contribution in [3.05, 3.63) is 59.9 Å². The fourth-order valence-electron chi connectivity index (χ4n) is 4.19. The number of nitriles is 1. The number of hydrogen-bond acceptors (Lipinski definition) is 4. The molecule has 0 bridgehead atoms. The molecule has 148 valence electrons. The molecule has 29 heavy (non-hydrogen) atoms. The van der Waals surface area contributed by atoms with E-state index in [1.165, 1.54) is 0 Å². The first kappa shape index (κ1) is 20.7. The fraction of sp³-hybridized carbons (Fsp3) is 0.360. The van der Waals surface area contributed by atoms with Gasteiger partial charge in [-0.05, 0) is 42.9 Å². The monoisotopic (exact) mass is 386 g/mol. The van der Waals surface area contributed by atoms with Gasteiger partial charge in [0.05, 0.1) is 17.3 Å². The zero-order chi connectivity index (χ0) is 21.0. The van der Waals surface area contributed by atoms with E-state index in [0.717, 1.165) is 16.8 Å². The lowest BCUT2D eigenvalue weighted by atomic mass is 9.66. The van der Waals surface area contributed by atoms with Crippen LogP contribution in [0.25, 0.3) is 17.2 Å². The van der Waals surface area contributed by atoms with Crippen LogP contribution in [-0.4, -0.2) is 16.6 Å². The summed E-state index contributed by atoms with van der Waals surface area (Å²) in [7, 11) is 0. The summed E-state index contributed by atoms with van der Waals surface area (Å²) in [5.74, 6) is 0.796. The zero-order valence-corrected chi connectivity index (χ0v) is 17.1. The lowest BCUT2D eigenvalue weighted by Crippen LogP contribution is -2.38. The topological polar surface area (TPSA) is 70.8 Å². The highest BCUT2D eigenvalue weighted by molar-refractivity contribution is 5.88. The second-order valence-corrected chi connectivity index (χ2v) is 8.05. The Morgan fingerprint density at radius 1 is 1.21 bits per heavy atom. The van der Waals surface area contributed by atoms with Crippen molar-refractivity contribution >= 4 is 17.6 Å². The van der Waals surface area contributed by atoms with Crippen molar-refractivity contribution in [2.45, 2.75) is 33.6 Å². The van der Waals surface area contributed by atoms with Crippen LogP contribution in [0.15, 0.2) is 48.7 Å². The van der Waals surface area contributed by atoms with Gasteiger partial charge in [0, 0.05) is 36.1 Å². The van der Waals surface area contributed by atoms with Crippen LogP contribution in [-0.2, 0) is 9.59 Å². The van der Waals surface area contributed by atoms with Crippen molar-refractivity contribution < 1.29 is 9.59 Å². The quantitative estimate of drug-likeness (QED) is 0.717. The Bertz CT molecular complexity index is 969. The number of pyridine rings is 1. The molecule has 2 aromatic rings. The van der Waals surface area contributed by atoms with E-state index < -0.39 is 0 Å². The number of rotatable bonds is 5. The molecule has 1 aromatic heterocycles. The minimum absolute atomic E-state index is 0.0821. The Morgan fingerprint density at radius 3 is 2.62 bits per heavy atom. The molecule has 0 amide bonds. The molecule has 0 unspecified atom stereocenters. The molecular weight excluding hydrogens is 360 g/mol. The largest absolute Gasteiger partial charge is 0.300 e. The highest BCUT2D eigenvalue weighted by atomic mass is 16.1. The second-order valence-electron chi connectivity index (χ2n) is 8.05. The summed E-state index contributed by atoms with van der Waals surface area (Å²) in [6.45, 7) is 5.80. The van der Waals surface area contributed by atoms with E-state index in [4.69, 9.17) is 0 Å². The summed E-state index contributed by atoms with van der Waals surface area (Å²) in [5.41, 5.74) is 3.22. The number of allylic oxidation sites excluding steroid dienone is 1. The predicted molar refractivity (Wildman–Crippen MR) is 114 cm³/mol. The Morgan fingerprint density at radius 2 is 1.97 bits per heavy atom. The van der Waals surface area contributed by atoms with Gasteiger partial charge in [-0.25, -0.2) is 0 Å². The van der Waals surface area contributed by atoms with Gasteiger partial charge in [-0.1, -0.05) is 44.2 Å². The SMILES string of the molecule is CC(=O)C[C@@H]1C(=O)C[C@@H](/C=C/c2ccc(-c3ccccc3C#N)cn2)[C@H](C)[C@H]1C. The minimum atomic E-state index is -0.148. The third-order valence-corrected chi connectivity index (χ3v) is 6.16. The normalized spacial score (nSPS) is 24.4. The Kier molecular flexibility index (Phi) is 6.39. The van der Waals surface area contributed by atoms with E-state index in [1.807, 2.05) is 36.4 Å². The van der Waals surface area contributed by atoms with Crippen molar-refractivity contribution in [2.24, 2.45) is 23.7 Å². The molecule has 0 spiro atoms. The summed E-state index contributed by atoms with van der Waals surface area (Å²) in [6, 6.07) is 13.6. The van der Waals surface area contributed by atoms with Crippen molar-refractivity contribution in [2.75, 3.05) is 0 Å². The number of carbonyl (C=O) groups excluding carboxylic acids is 2. The fourth-order valence-corrected chi connectivity index (χ4v) is 4.19. The van der Waals surface area contributed by atoms with Crippen molar-refractivity contribution in [3.8, 4) is 17.2 Å². The number of nitrogens with zero attached hydrogens (tertiary/aromatic N) is 2. The molecular formula is C25H26N2O2. The van der Waals surface area contributed by atoms with Crippen LogP contribution in [0.3, 0.4) is 0 Å². The van der Waals surface area contributed by atoms with Crippen molar-refractivity contribution in [1.82, 2.24) is 4.98 Å². The Hall–Kier alpha value is -3.06. The van der Waals surface area contributed by atoms with Crippen molar-refractivity contribution in [3.63, 3.8) is 0 Å². The molecule has 4 nitrogen and oxygen atoms in total. The molecule has 1 fully saturated rings. The average Bonchev–Trinajstić information content (AvgIpc) is 2.73. The molecule has 1 aliphatic carbocycles. The molecule has 0 radical (unpaired) electrons. The van der Waals surface area contributed by atoms with Gasteiger partial charge in [-0.15, -0.1) is 0 Å². The highest BCUT2D eigenvalue weighted by Gasteiger charge is 2.38. The molecule has 4 atom stereocenters. The molecule has 4 heteroatoms. The van der Waals surface area contributed by atoms with Crippen LogP contribution >= 0.6 is 0 Å². The van der Waals surface area contributed by atoms with Crippen LogP contribution in [0.4, 0.5) is 0 Å². The number of carbonyl (C=O) groups is 2. The highest BCUT2D eigenvalue weighted by Crippen LogP contribution is 2.39. The first-order valence-corrected chi connectivity index (χ1v) is 10.1. The van der Waals surface area contributed by atoms with Gasteiger partial charge in [0.25, 0.3) is 0 Å². The van der Waals surface area contributed by atoms with Crippen LogP contribution in [0.1, 0.15) is 44.9 Å². The first-order chi connectivity index (χ1) is 13.9. The average molecular weight is 386 g/mol. The van der Waals surface area contributed by atoms with E-state index in [9.17, 15) is 14.9 Å². The molecule has 3 rings (SSSR count). The van der Waals surface area contributed by atoms with Gasteiger partial charge < -0.3 is 4.79 Å². The predicted octanol–water partition coefficient (Wildman–Crippen LogP) is 5.09. The van der Waals surface area contributed by atoms with Crippen LogP contribution < -0.4 is 0 Å². The number of hydrogen-bond donors (Lipinski definition) is 0. The summed E-state index contributed by atoms with van der Waals surface area (Å²) in [4.78, 5) is 28.5. The van der Waals surface area contributed by atoms with E-state index in [-0.39, 0.29) is 29.3 Å². The first-order valence-electron chi connectivity index (χ1n) is 10.1. The third-order valence-electron chi connectivity index (χ3n) is 6.16. The Balaban J connectivity index is 1.73. The lowest BCUT2D eigenvalue weighted by Gasteiger charge is -2.37. The number of Topliss-reactive ketones (excluding diaryl/α,β-unsaturated/α-hetero) is 2. The molecule has 0 N–H and O–H groups in total. The van der Waals surface area contributed by atoms with Crippen LogP contribution in [0.2, 0.25) is 0 Å². The van der Waals surface area contributed by atoms with Gasteiger partial charge in [0.2, 0.25) is 0 Å². The van der Waals surface area contributed by atoms with Gasteiger partial charge >= 0.3 is 0 Å². The summed E-state index contributed by atoms with van der Waals surface area (Å²) < 4.78 is 0. The van der Waals surface area contributed by atoms with E-state index in [2.05, 4.69) is 31.0 Å². The number of aromatic nitrogens is 1. The molecule has 0 saturated heterocycles. The van der Waals surface area contributed by atoms with Crippen LogP contribution in [0.5, 0.6) is 0 Å². The second kappa shape index (κ2) is 8.96. The third kappa shape index (κ3) is 4.68. The molecule has 1 aromatic carbocycles. The summed E-state index contributed by atoms with van der Waals surface area (Å²) >= 11 is 0. The molecule has 1 aliphatic rings. The summed E-state index contributed by atoms with van der Waals surface area (Å²) in [6.07, 6.45) is 6.65. The van der Waals surface area contributed by atoms with Crippen LogP contribution in [0, 0.1) is 35.0 Å². The number of benzene rings is 1. The van der Waals surface area contributed by atoms with Gasteiger partial charge in [-0.2, -0.15) is 5.26 Å². The number of ketones is 2. The lowest BCUT2D eigenvalue weighted by molar-refractivity contribution is -0.133.